The number of rotatable bonds is 8. The molecule has 0 spiro atoms. The van der Waals surface area contributed by atoms with Crippen LogP contribution in [0.3, 0.4) is 0 Å². The molecule has 0 amide bonds. The second-order valence-electron chi connectivity index (χ2n) is 8.74. The Morgan fingerprint density at radius 1 is 0.879 bits per heavy atom. The summed E-state index contributed by atoms with van der Waals surface area (Å²) < 4.78 is 46.4. The highest BCUT2D eigenvalue weighted by atomic mass is 19.4. The summed E-state index contributed by atoms with van der Waals surface area (Å²) in [4.78, 5) is 7.96. The molecular formula is C25H29F3N4O. The SMILES string of the molecule is CCCCc1ccc(Nc2nc(Nc3ccc(OC(C)(C)C)cc3)ncc2C(F)(F)F)cc1. The molecule has 3 rings (SSSR count). The van der Waals surface area contributed by atoms with Crippen molar-refractivity contribution in [1.29, 1.82) is 0 Å². The van der Waals surface area contributed by atoms with Crippen molar-refractivity contribution in [3.05, 3.63) is 65.9 Å². The fourth-order valence-corrected chi connectivity index (χ4v) is 3.11. The van der Waals surface area contributed by atoms with E-state index in [-0.39, 0.29) is 17.4 Å². The fourth-order valence-electron chi connectivity index (χ4n) is 3.11. The molecule has 1 aromatic heterocycles. The number of nitrogens with one attached hydrogen (secondary N) is 2. The van der Waals surface area contributed by atoms with Gasteiger partial charge in [0.25, 0.3) is 0 Å². The Bertz CT molecular complexity index is 1040. The predicted octanol–water partition coefficient (Wildman–Crippen LogP) is 7.50. The third-order valence-electron chi connectivity index (χ3n) is 4.66. The molecule has 0 aliphatic carbocycles. The highest BCUT2D eigenvalue weighted by Crippen LogP contribution is 2.35. The maximum absolute atomic E-state index is 13.5. The molecule has 5 nitrogen and oxygen atoms in total. The van der Waals surface area contributed by atoms with Crippen LogP contribution in [-0.2, 0) is 12.6 Å². The quantitative estimate of drug-likeness (QED) is 0.366. The first kappa shape index (κ1) is 24.4. The Morgan fingerprint density at radius 2 is 1.48 bits per heavy atom. The summed E-state index contributed by atoms with van der Waals surface area (Å²) in [7, 11) is 0. The van der Waals surface area contributed by atoms with Crippen molar-refractivity contribution in [2.24, 2.45) is 0 Å². The van der Waals surface area contributed by atoms with Crippen molar-refractivity contribution >= 4 is 23.1 Å². The third-order valence-corrected chi connectivity index (χ3v) is 4.66. The maximum Gasteiger partial charge on any atom is 0.421 e. The molecule has 0 fully saturated rings. The molecule has 0 unspecified atom stereocenters. The van der Waals surface area contributed by atoms with Gasteiger partial charge in [-0.05, 0) is 75.6 Å². The average Bonchev–Trinajstić information content (AvgIpc) is 2.73. The third kappa shape index (κ3) is 7.37. The van der Waals surface area contributed by atoms with Crippen molar-refractivity contribution in [1.82, 2.24) is 9.97 Å². The highest BCUT2D eigenvalue weighted by Gasteiger charge is 2.35. The lowest BCUT2D eigenvalue weighted by atomic mass is 10.1. The van der Waals surface area contributed by atoms with Crippen molar-refractivity contribution < 1.29 is 17.9 Å². The maximum atomic E-state index is 13.5. The van der Waals surface area contributed by atoms with Gasteiger partial charge in [-0.25, -0.2) is 4.98 Å². The molecule has 1 heterocycles. The number of hydrogen-bond acceptors (Lipinski definition) is 5. The van der Waals surface area contributed by atoms with E-state index in [4.69, 9.17) is 4.74 Å². The summed E-state index contributed by atoms with van der Waals surface area (Å²) in [6.07, 6.45) is -0.725. The molecular weight excluding hydrogens is 429 g/mol. The second kappa shape index (κ2) is 10.1. The average molecular weight is 459 g/mol. The first-order chi connectivity index (χ1) is 15.5. The largest absolute Gasteiger partial charge is 0.488 e. The molecule has 176 valence electrons. The van der Waals surface area contributed by atoms with Gasteiger partial charge in [0, 0.05) is 17.6 Å². The Kier molecular flexibility index (Phi) is 7.46. The summed E-state index contributed by atoms with van der Waals surface area (Å²) in [5.41, 5.74) is 1.02. The number of aromatic nitrogens is 2. The van der Waals surface area contributed by atoms with E-state index in [9.17, 15) is 13.2 Å². The fraction of sp³-hybridized carbons (Fsp3) is 0.360. The summed E-state index contributed by atoms with van der Waals surface area (Å²) in [5, 5.41) is 5.74. The van der Waals surface area contributed by atoms with Crippen LogP contribution in [0, 0.1) is 0 Å². The number of hydrogen-bond donors (Lipinski definition) is 2. The summed E-state index contributed by atoms with van der Waals surface area (Å²) in [6, 6.07) is 14.4. The van der Waals surface area contributed by atoms with Crippen LogP contribution in [0.15, 0.2) is 54.7 Å². The Balaban J connectivity index is 1.80. The molecule has 2 aromatic carbocycles. The number of benzene rings is 2. The van der Waals surface area contributed by atoms with Gasteiger partial charge in [0.2, 0.25) is 5.95 Å². The minimum absolute atomic E-state index is 0.0505. The number of ether oxygens (including phenoxy) is 1. The smallest absolute Gasteiger partial charge is 0.421 e. The van der Waals surface area contributed by atoms with Gasteiger partial charge in [-0.15, -0.1) is 0 Å². The van der Waals surface area contributed by atoms with Gasteiger partial charge in [-0.1, -0.05) is 25.5 Å². The van der Waals surface area contributed by atoms with E-state index < -0.39 is 11.7 Å². The van der Waals surface area contributed by atoms with Crippen LogP contribution in [-0.4, -0.2) is 15.6 Å². The van der Waals surface area contributed by atoms with Crippen molar-refractivity contribution in [2.75, 3.05) is 10.6 Å². The predicted molar refractivity (Wildman–Crippen MR) is 125 cm³/mol. The molecule has 0 aliphatic heterocycles. The molecule has 0 atom stereocenters. The lowest BCUT2D eigenvalue weighted by Gasteiger charge is -2.21. The standard InChI is InChI=1S/C25H29F3N4O/c1-5-6-7-17-8-10-18(11-9-17)30-22-21(25(26,27)28)16-29-23(32-22)31-19-12-14-20(15-13-19)33-24(2,3)4/h8-16H,5-7H2,1-4H3,(H2,29,30,31,32). The number of unbranched alkanes of at least 4 members (excludes halogenated alkanes) is 1. The lowest BCUT2D eigenvalue weighted by Crippen LogP contribution is -2.22. The zero-order valence-corrected chi connectivity index (χ0v) is 19.3. The second-order valence-corrected chi connectivity index (χ2v) is 8.74. The minimum atomic E-state index is -4.59. The minimum Gasteiger partial charge on any atom is -0.488 e. The number of aryl methyl sites for hydroxylation is 1. The van der Waals surface area contributed by atoms with Crippen LogP contribution >= 0.6 is 0 Å². The van der Waals surface area contributed by atoms with E-state index in [1.54, 1.807) is 36.4 Å². The summed E-state index contributed by atoms with van der Waals surface area (Å²) in [5.74, 6) is 0.426. The van der Waals surface area contributed by atoms with E-state index in [0.29, 0.717) is 17.1 Å². The Morgan fingerprint density at radius 3 is 2.06 bits per heavy atom. The highest BCUT2D eigenvalue weighted by molar-refractivity contribution is 5.63. The molecule has 0 bridgehead atoms. The number of halogens is 3. The van der Waals surface area contributed by atoms with Crippen LogP contribution in [0.4, 0.5) is 36.3 Å². The molecule has 8 heteroatoms. The first-order valence-corrected chi connectivity index (χ1v) is 10.9. The Labute approximate surface area is 192 Å². The zero-order valence-electron chi connectivity index (χ0n) is 19.3. The molecule has 0 aliphatic rings. The summed E-state index contributed by atoms with van der Waals surface area (Å²) in [6.45, 7) is 7.96. The van der Waals surface area contributed by atoms with Gasteiger partial charge in [0.05, 0.1) is 0 Å². The van der Waals surface area contributed by atoms with Crippen LogP contribution in [0.25, 0.3) is 0 Å². The van der Waals surface area contributed by atoms with E-state index in [2.05, 4.69) is 27.5 Å². The normalized spacial score (nSPS) is 11.8. The van der Waals surface area contributed by atoms with Crippen LogP contribution in [0.1, 0.15) is 51.7 Å². The number of anilines is 4. The molecule has 33 heavy (non-hydrogen) atoms. The van der Waals surface area contributed by atoms with E-state index in [1.807, 2.05) is 32.9 Å². The van der Waals surface area contributed by atoms with Crippen molar-refractivity contribution in [3.63, 3.8) is 0 Å². The van der Waals surface area contributed by atoms with Crippen LogP contribution in [0.5, 0.6) is 5.75 Å². The topological polar surface area (TPSA) is 59.1 Å². The summed E-state index contributed by atoms with van der Waals surface area (Å²) >= 11 is 0. The van der Waals surface area contributed by atoms with Gasteiger partial charge >= 0.3 is 6.18 Å². The van der Waals surface area contributed by atoms with E-state index in [0.717, 1.165) is 31.0 Å². The van der Waals surface area contributed by atoms with Crippen LogP contribution in [0.2, 0.25) is 0 Å². The Hall–Kier alpha value is -3.29. The van der Waals surface area contributed by atoms with Gasteiger partial charge in [-0.2, -0.15) is 18.2 Å². The van der Waals surface area contributed by atoms with E-state index in [1.165, 1.54) is 0 Å². The first-order valence-electron chi connectivity index (χ1n) is 10.9. The van der Waals surface area contributed by atoms with Crippen LogP contribution < -0.4 is 15.4 Å². The lowest BCUT2D eigenvalue weighted by molar-refractivity contribution is -0.137. The molecule has 2 N–H and O–H groups in total. The van der Waals surface area contributed by atoms with Crippen molar-refractivity contribution in [3.8, 4) is 5.75 Å². The molecule has 0 saturated carbocycles. The molecule has 0 radical (unpaired) electrons. The van der Waals surface area contributed by atoms with Gasteiger partial charge in [-0.3, -0.25) is 0 Å². The van der Waals surface area contributed by atoms with Gasteiger partial charge < -0.3 is 15.4 Å². The van der Waals surface area contributed by atoms with Gasteiger partial charge in [0.15, 0.2) is 0 Å². The molecule has 0 saturated heterocycles. The van der Waals surface area contributed by atoms with Crippen molar-refractivity contribution in [2.45, 2.75) is 58.7 Å². The number of nitrogens with zero attached hydrogens (tertiary/aromatic N) is 2. The van der Waals surface area contributed by atoms with Gasteiger partial charge in [0.1, 0.15) is 22.7 Å². The zero-order chi connectivity index (χ0) is 24.1. The van der Waals surface area contributed by atoms with E-state index >= 15 is 0 Å². The number of alkyl halides is 3. The molecule has 3 aromatic rings. The monoisotopic (exact) mass is 458 g/mol.